The number of imidazole rings is 1. The van der Waals surface area contributed by atoms with E-state index in [9.17, 15) is 26.3 Å². The SMILES string of the molecule is CCCCCc1nc(NC(F)(C(F)F)C(F)(F)F)[nH]c1CCCCC. The fourth-order valence-electron chi connectivity index (χ4n) is 2.43. The number of nitrogens with zero attached hydrogens (tertiary/aromatic N) is 1. The maximum Gasteiger partial charge on any atom is 0.447 e. The Morgan fingerprint density at radius 2 is 1.52 bits per heavy atom. The second kappa shape index (κ2) is 9.33. The van der Waals surface area contributed by atoms with E-state index in [1.807, 2.05) is 13.8 Å². The minimum absolute atomic E-state index is 0.505. The molecule has 1 atom stereocenters. The maximum atomic E-state index is 13.8. The van der Waals surface area contributed by atoms with E-state index in [4.69, 9.17) is 0 Å². The van der Waals surface area contributed by atoms with Gasteiger partial charge in [-0.05, 0) is 25.7 Å². The third kappa shape index (κ3) is 5.81. The molecule has 0 aliphatic heterocycles. The van der Waals surface area contributed by atoms with Crippen molar-refractivity contribution in [3.8, 4) is 0 Å². The molecule has 0 aromatic carbocycles. The molecule has 25 heavy (non-hydrogen) atoms. The highest BCUT2D eigenvalue weighted by molar-refractivity contribution is 5.35. The van der Waals surface area contributed by atoms with Crippen LogP contribution in [0.15, 0.2) is 0 Å². The van der Waals surface area contributed by atoms with Crippen LogP contribution < -0.4 is 5.32 Å². The van der Waals surface area contributed by atoms with Crippen LogP contribution in [0.4, 0.5) is 32.3 Å². The van der Waals surface area contributed by atoms with E-state index >= 15 is 0 Å². The smallest absolute Gasteiger partial charge is 0.328 e. The first-order valence-corrected chi connectivity index (χ1v) is 8.55. The second-order valence-electron chi connectivity index (χ2n) is 6.06. The maximum absolute atomic E-state index is 13.8. The predicted molar refractivity (Wildman–Crippen MR) is 84.6 cm³/mol. The molecular weight excluding hydrogens is 348 g/mol. The molecule has 1 heterocycles. The predicted octanol–water partition coefficient (Wildman–Crippen LogP) is 5.78. The third-order valence-corrected chi connectivity index (χ3v) is 3.93. The Balaban J connectivity index is 2.99. The quantitative estimate of drug-likeness (QED) is 0.293. The lowest BCUT2D eigenvalue weighted by atomic mass is 10.1. The highest BCUT2D eigenvalue weighted by atomic mass is 19.4. The highest BCUT2D eigenvalue weighted by Gasteiger charge is 2.63. The summed E-state index contributed by atoms with van der Waals surface area (Å²) in [5.74, 6) is -5.45. The van der Waals surface area contributed by atoms with Crippen LogP contribution in [0.3, 0.4) is 0 Å². The first-order chi connectivity index (χ1) is 11.7. The first kappa shape index (κ1) is 21.6. The Morgan fingerprint density at radius 1 is 0.960 bits per heavy atom. The molecule has 0 amide bonds. The zero-order valence-electron chi connectivity index (χ0n) is 14.4. The third-order valence-electron chi connectivity index (χ3n) is 3.93. The molecule has 0 spiro atoms. The van der Waals surface area contributed by atoms with Crippen LogP contribution in [-0.2, 0) is 12.8 Å². The summed E-state index contributed by atoms with van der Waals surface area (Å²) in [5, 5.41) is 1.23. The minimum Gasteiger partial charge on any atom is -0.328 e. The second-order valence-corrected chi connectivity index (χ2v) is 6.06. The number of aromatic amines is 1. The van der Waals surface area contributed by atoms with E-state index in [-0.39, 0.29) is 0 Å². The highest BCUT2D eigenvalue weighted by Crippen LogP contribution is 2.39. The van der Waals surface area contributed by atoms with Crippen molar-refractivity contribution < 1.29 is 26.3 Å². The number of hydrogen-bond donors (Lipinski definition) is 2. The molecule has 0 bridgehead atoms. The molecule has 0 saturated heterocycles. The lowest BCUT2D eigenvalue weighted by Crippen LogP contribution is -2.54. The summed E-state index contributed by atoms with van der Waals surface area (Å²) >= 11 is 0. The molecule has 1 unspecified atom stereocenters. The molecule has 3 nitrogen and oxygen atoms in total. The summed E-state index contributed by atoms with van der Waals surface area (Å²) in [7, 11) is 0. The van der Waals surface area contributed by atoms with Gasteiger partial charge < -0.3 is 10.3 Å². The monoisotopic (exact) mass is 373 g/mol. The molecule has 0 aliphatic rings. The molecule has 0 aliphatic carbocycles. The average molecular weight is 373 g/mol. The number of halogens is 6. The van der Waals surface area contributed by atoms with Gasteiger partial charge in [0.25, 0.3) is 6.43 Å². The molecule has 2 N–H and O–H groups in total. The standard InChI is InChI=1S/C16H25F6N3/c1-3-5-7-9-11-12(10-8-6-4-2)24-14(23-11)25-15(19,13(17)18)16(20,21)22/h13H,3-10H2,1-2H3,(H2,23,24,25). The lowest BCUT2D eigenvalue weighted by Gasteiger charge is -2.27. The Morgan fingerprint density at radius 3 is 2.00 bits per heavy atom. The van der Waals surface area contributed by atoms with Gasteiger partial charge >= 0.3 is 12.0 Å². The minimum atomic E-state index is -5.77. The molecule has 1 aromatic heterocycles. The van der Waals surface area contributed by atoms with Crippen molar-refractivity contribution in [1.82, 2.24) is 9.97 Å². The average Bonchev–Trinajstić information content (AvgIpc) is 2.88. The van der Waals surface area contributed by atoms with Crippen molar-refractivity contribution in [2.24, 2.45) is 0 Å². The number of nitrogens with one attached hydrogen (secondary N) is 2. The largest absolute Gasteiger partial charge is 0.447 e. The van der Waals surface area contributed by atoms with E-state index in [0.29, 0.717) is 24.2 Å². The van der Waals surface area contributed by atoms with Gasteiger partial charge in [-0.15, -0.1) is 0 Å². The Bertz CT molecular complexity index is 487. The molecular formula is C16H25F6N3. The summed E-state index contributed by atoms with van der Waals surface area (Å²) < 4.78 is 77.2. The summed E-state index contributed by atoms with van der Waals surface area (Å²) in [5.41, 5.74) is 1.08. The Labute approximate surface area is 143 Å². The summed E-state index contributed by atoms with van der Waals surface area (Å²) in [6.07, 6.45) is -3.70. The van der Waals surface area contributed by atoms with Gasteiger partial charge in [-0.1, -0.05) is 39.5 Å². The number of H-pyrrole nitrogens is 1. The molecule has 1 aromatic rings. The van der Waals surface area contributed by atoms with E-state index in [1.165, 1.54) is 5.32 Å². The van der Waals surface area contributed by atoms with Crippen molar-refractivity contribution >= 4 is 5.95 Å². The number of rotatable bonds is 11. The van der Waals surface area contributed by atoms with Crippen LogP contribution in [0.25, 0.3) is 0 Å². The normalized spacial score (nSPS) is 14.8. The van der Waals surface area contributed by atoms with Gasteiger partial charge in [0.2, 0.25) is 5.95 Å². The zero-order chi connectivity index (χ0) is 19.1. The molecule has 0 saturated carbocycles. The van der Waals surface area contributed by atoms with Crippen molar-refractivity contribution in [2.75, 3.05) is 5.32 Å². The number of alkyl halides is 6. The van der Waals surface area contributed by atoms with Crippen LogP contribution in [0.2, 0.25) is 0 Å². The van der Waals surface area contributed by atoms with Gasteiger partial charge in [-0.2, -0.15) is 13.2 Å². The van der Waals surface area contributed by atoms with Crippen LogP contribution in [0.5, 0.6) is 0 Å². The summed E-state index contributed by atoms with van der Waals surface area (Å²) in [4.78, 5) is 6.46. The van der Waals surface area contributed by atoms with Crippen molar-refractivity contribution in [3.05, 3.63) is 11.4 Å². The van der Waals surface area contributed by atoms with Gasteiger partial charge in [-0.3, -0.25) is 0 Å². The van der Waals surface area contributed by atoms with Gasteiger partial charge in [0, 0.05) is 5.69 Å². The van der Waals surface area contributed by atoms with Crippen molar-refractivity contribution in [1.29, 1.82) is 0 Å². The summed E-state index contributed by atoms with van der Waals surface area (Å²) in [6.45, 7) is 4.01. The Kier molecular flexibility index (Phi) is 8.08. The molecule has 9 heteroatoms. The number of hydrogen-bond acceptors (Lipinski definition) is 2. The number of anilines is 1. The fraction of sp³-hybridized carbons (Fsp3) is 0.812. The van der Waals surface area contributed by atoms with Crippen molar-refractivity contribution in [2.45, 2.75) is 83.6 Å². The summed E-state index contributed by atoms with van der Waals surface area (Å²) in [6, 6.07) is 0. The van der Waals surface area contributed by atoms with Crippen LogP contribution >= 0.6 is 0 Å². The van der Waals surface area contributed by atoms with E-state index < -0.39 is 24.3 Å². The van der Waals surface area contributed by atoms with Crippen LogP contribution in [0, 0.1) is 0 Å². The van der Waals surface area contributed by atoms with E-state index in [2.05, 4.69) is 9.97 Å². The lowest BCUT2D eigenvalue weighted by molar-refractivity contribution is -0.256. The van der Waals surface area contributed by atoms with Gasteiger partial charge in [0.15, 0.2) is 0 Å². The number of aromatic nitrogens is 2. The Hall–Kier alpha value is -1.41. The van der Waals surface area contributed by atoms with E-state index in [0.717, 1.165) is 38.5 Å². The fourth-order valence-corrected chi connectivity index (χ4v) is 2.43. The molecule has 0 radical (unpaired) electrons. The first-order valence-electron chi connectivity index (χ1n) is 8.55. The molecule has 146 valence electrons. The number of aryl methyl sites for hydroxylation is 2. The van der Waals surface area contributed by atoms with Crippen LogP contribution in [0.1, 0.15) is 63.8 Å². The van der Waals surface area contributed by atoms with Crippen molar-refractivity contribution in [3.63, 3.8) is 0 Å². The number of unbranched alkanes of at least 4 members (excludes halogenated alkanes) is 4. The van der Waals surface area contributed by atoms with Gasteiger partial charge in [0.1, 0.15) is 0 Å². The van der Waals surface area contributed by atoms with Gasteiger partial charge in [-0.25, -0.2) is 18.2 Å². The van der Waals surface area contributed by atoms with E-state index in [1.54, 1.807) is 0 Å². The topological polar surface area (TPSA) is 40.7 Å². The van der Waals surface area contributed by atoms with Crippen LogP contribution in [-0.4, -0.2) is 28.4 Å². The molecule has 1 rings (SSSR count). The zero-order valence-corrected chi connectivity index (χ0v) is 14.4. The molecule has 0 fully saturated rings. The van der Waals surface area contributed by atoms with Gasteiger partial charge in [0.05, 0.1) is 5.69 Å².